The number of nitrogens with zero attached hydrogens (tertiary/aromatic N) is 3. The van der Waals surface area contributed by atoms with E-state index in [0.29, 0.717) is 12.0 Å². The molecule has 1 aromatic heterocycles. The van der Waals surface area contributed by atoms with E-state index in [2.05, 4.69) is 44.8 Å². The maximum atomic E-state index is 4.69. The van der Waals surface area contributed by atoms with Crippen LogP contribution in [0.1, 0.15) is 57.1 Å². The van der Waals surface area contributed by atoms with E-state index in [1.165, 1.54) is 70.1 Å². The Morgan fingerprint density at radius 1 is 0.889 bits per heavy atom. The monoisotopic (exact) mass is 365 g/mol. The molecule has 5 nitrogen and oxygen atoms in total. The van der Waals surface area contributed by atoms with Gasteiger partial charge in [0.2, 0.25) is 5.95 Å². The number of nitrogens with one attached hydrogen (secondary N) is 2. The van der Waals surface area contributed by atoms with Gasteiger partial charge in [-0.15, -0.1) is 0 Å². The van der Waals surface area contributed by atoms with Crippen molar-refractivity contribution in [2.75, 3.05) is 28.6 Å². The molecular weight excluding hydrogens is 334 g/mol. The lowest BCUT2D eigenvalue weighted by Crippen LogP contribution is -2.29. The van der Waals surface area contributed by atoms with Crippen LogP contribution in [0.25, 0.3) is 0 Å². The molecule has 1 saturated carbocycles. The summed E-state index contributed by atoms with van der Waals surface area (Å²) in [5.74, 6) is 1.60. The second-order valence-corrected chi connectivity index (χ2v) is 7.92. The smallest absolute Gasteiger partial charge is 0.229 e. The van der Waals surface area contributed by atoms with Crippen LogP contribution in [0.2, 0.25) is 0 Å². The fourth-order valence-corrected chi connectivity index (χ4v) is 4.19. The van der Waals surface area contributed by atoms with Gasteiger partial charge in [-0.1, -0.05) is 19.3 Å². The molecule has 2 N–H and O–H groups in total. The minimum absolute atomic E-state index is 0.546. The SMILES string of the molecule is Cc1cc(NC2CCCCC2)nc(Nc2ccc(N3CCCCC3)cc2)n1. The summed E-state index contributed by atoms with van der Waals surface area (Å²) in [6, 6.07) is 11.2. The highest BCUT2D eigenvalue weighted by atomic mass is 15.2. The van der Waals surface area contributed by atoms with Gasteiger partial charge in [0.05, 0.1) is 0 Å². The number of rotatable bonds is 5. The second-order valence-electron chi connectivity index (χ2n) is 7.92. The van der Waals surface area contributed by atoms with Gasteiger partial charge in [0, 0.05) is 42.3 Å². The van der Waals surface area contributed by atoms with Gasteiger partial charge in [-0.25, -0.2) is 4.98 Å². The Labute approximate surface area is 162 Å². The molecule has 5 heteroatoms. The molecule has 1 saturated heterocycles. The standard InChI is InChI=1S/C22H31N5/c1-17-16-21(24-18-8-4-2-5-9-18)26-22(23-17)25-19-10-12-20(13-11-19)27-14-6-3-7-15-27/h10-13,16,18H,2-9,14-15H2,1H3,(H2,23,24,25,26). The minimum atomic E-state index is 0.546. The Kier molecular flexibility index (Phi) is 5.75. The summed E-state index contributed by atoms with van der Waals surface area (Å²) < 4.78 is 0. The zero-order valence-electron chi connectivity index (χ0n) is 16.4. The third-order valence-corrected chi connectivity index (χ3v) is 5.66. The molecule has 1 aliphatic heterocycles. The van der Waals surface area contributed by atoms with Crippen molar-refractivity contribution in [1.29, 1.82) is 0 Å². The van der Waals surface area contributed by atoms with Crippen LogP contribution in [-0.2, 0) is 0 Å². The van der Waals surface area contributed by atoms with Crippen LogP contribution in [0.15, 0.2) is 30.3 Å². The maximum absolute atomic E-state index is 4.69. The average molecular weight is 366 g/mol. The molecule has 2 aromatic rings. The van der Waals surface area contributed by atoms with Crippen molar-refractivity contribution in [3.05, 3.63) is 36.0 Å². The number of hydrogen-bond acceptors (Lipinski definition) is 5. The molecule has 4 rings (SSSR count). The molecule has 2 fully saturated rings. The average Bonchev–Trinajstić information content (AvgIpc) is 2.70. The number of piperidine rings is 1. The van der Waals surface area contributed by atoms with Gasteiger partial charge in [0.15, 0.2) is 0 Å². The van der Waals surface area contributed by atoms with Crippen LogP contribution in [0.5, 0.6) is 0 Å². The molecule has 0 bridgehead atoms. The summed E-state index contributed by atoms with van der Waals surface area (Å²) in [4.78, 5) is 11.7. The van der Waals surface area contributed by atoms with E-state index in [0.717, 1.165) is 17.2 Å². The summed E-state index contributed by atoms with van der Waals surface area (Å²) in [6.07, 6.45) is 10.4. The molecule has 27 heavy (non-hydrogen) atoms. The van der Waals surface area contributed by atoms with E-state index in [-0.39, 0.29) is 0 Å². The lowest BCUT2D eigenvalue weighted by Gasteiger charge is -2.28. The quantitative estimate of drug-likeness (QED) is 0.756. The highest BCUT2D eigenvalue weighted by molar-refractivity contribution is 5.60. The largest absolute Gasteiger partial charge is 0.372 e. The molecule has 144 valence electrons. The van der Waals surface area contributed by atoms with E-state index in [1.54, 1.807) is 0 Å². The summed E-state index contributed by atoms with van der Waals surface area (Å²) in [6.45, 7) is 4.37. The highest BCUT2D eigenvalue weighted by Gasteiger charge is 2.14. The van der Waals surface area contributed by atoms with E-state index in [1.807, 2.05) is 13.0 Å². The lowest BCUT2D eigenvalue weighted by molar-refractivity contribution is 0.462. The molecule has 0 atom stereocenters. The van der Waals surface area contributed by atoms with Gasteiger partial charge in [-0.05, 0) is 63.3 Å². The van der Waals surface area contributed by atoms with Gasteiger partial charge >= 0.3 is 0 Å². The van der Waals surface area contributed by atoms with E-state index in [9.17, 15) is 0 Å². The first kappa shape index (κ1) is 18.1. The third-order valence-electron chi connectivity index (χ3n) is 5.66. The van der Waals surface area contributed by atoms with Gasteiger partial charge in [0.25, 0.3) is 0 Å². The molecule has 0 amide bonds. The van der Waals surface area contributed by atoms with Crippen molar-refractivity contribution in [3.63, 3.8) is 0 Å². The number of anilines is 4. The first-order chi connectivity index (χ1) is 13.3. The number of aromatic nitrogens is 2. The van der Waals surface area contributed by atoms with E-state index < -0.39 is 0 Å². The summed E-state index contributed by atoms with van der Waals surface area (Å²) in [5.41, 5.74) is 3.32. The van der Waals surface area contributed by atoms with Gasteiger partial charge in [0.1, 0.15) is 5.82 Å². The van der Waals surface area contributed by atoms with Crippen molar-refractivity contribution in [3.8, 4) is 0 Å². The van der Waals surface area contributed by atoms with Crippen molar-refractivity contribution < 1.29 is 0 Å². The first-order valence-electron chi connectivity index (χ1n) is 10.5. The topological polar surface area (TPSA) is 53.1 Å². The Hall–Kier alpha value is -2.30. The molecule has 0 unspecified atom stereocenters. The van der Waals surface area contributed by atoms with Crippen LogP contribution < -0.4 is 15.5 Å². The Morgan fingerprint density at radius 3 is 2.33 bits per heavy atom. The third kappa shape index (κ3) is 4.90. The Balaban J connectivity index is 1.42. The van der Waals surface area contributed by atoms with E-state index in [4.69, 9.17) is 4.98 Å². The molecule has 0 radical (unpaired) electrons. The number of hydrogen-bond donors (Lipinski definition) is 2. The van der Waals surface area contributed by atoms with Crippen LogP contribution in [-0.4, -0.2) is 29.1 Å². The second kappa shape index (κ2) is 8.59. The zero-order valence-corrected chi connectivity index (χ0v) is 16.4. The fourth-order valence-electron chi connectivity index (χ4n) is 4.19. The van der Waals surface area contributed by atoms with Crippen molar-refractivity contribution in [2.24, 2.45) is 0 Å². The predicted octanol–water partition coefficient (Wildman–Crippen LogP) is 5.26. The van der Waals surface area contributed by atoms with Crippen molar-refractivity contribution in [2.45, 2.75) is 64.3 Å². The highest BCUT2D eigenvalue weighted by Crippen LogP contribution is 2.24. The Bertz CT molecular complexity index is 731. The number of benzene rings is 1. The van der Waals surface area contributed by atoms with Crippen LogP contribution in [0.3, 0.4) is 0 Å². The summed E-state index contributed by atoms with van der Waals surface area (Å²) >= 11 is 0. The fraction of sp³-hybridized carbons (Fsp3) is 0.545. The van der Waals surface area contributed by atoms with Gasteiger partial charge in [-0.3, -0.25) is 0 Å². The summed E-state index contributed by atoms with van der Waals surface area (Å²) in [5, 5.41) is 6.97. The van der Waals surface area contributed by atoms with Crippen molar-refractivity contribution in [1.82, 2.24) is 9.97 Å². The molecule has 2 heterocycles. The van der Waals surface area contributed by atoms with Crippen LogP contribution in [0.4, 0.5) is 23.1 Å². The molecule has 1 aromatic carbocycles. The lowest BCUT2D eigenvalue weighted by atomic mass is 9.95. The minimum Gasteiger partial charge on any atom is -0.372 e. The van der Waals surface area contributed by atoms with Crippen molar-refractivity contribution >= 4 is 23.1 Å². The maximum Gasteiger partial charge on any atom is 0.229 e. The normalized spacial score (nSPS) is 18.3. The Morgan fingerprint density at radius 2 is 1.59 bits per heavy atom. The number of aryl methyl sites for hydroxylation is 1. The molecule has 0 spiro atoms. The predicted molar refractivity (Wildman–Crippen MR) is 113 cm³/mol. The molecule has 2 aliphatic rings. The molecule has 1 aliphatic carbocycles. The zero-order chi connectivity index (χ0) is 18.5. The van der Waals surface area contributed by atoms with Gasteiger partial charge in [-0.2, -0.15) is 4.98 Å². The summed E-state index contributed by atoms with van der Waals surface area (Å²) in [7, 11) is 0. The van der Waals surface area contributed by atoms with Crippen LogP contribution in [0, 0.1) is 6.92 Å². The van der Waals surface area contributed by atoms with E-state index >= 15 is 0 Å². The first-order valence-corrected chi connectivity index (χ1v) is 10.5. The van der Waals surface area contributed by atoms with Gasteiger partial charge < -0.3 is 15.5 Å². The molecular formula is C22H31N5. The van der Waals surface area contributed by atoms with Crippen LogP contribution >= 0.6 is 0 Å².